The van der Waals surface area contributed by atoms with Crippen LogP contribution in [0.5, 0.6) is 5.75 Å². The van der Waals surface area contributed by atoms with Gasteiger partial charge >= 0.3 is 6.03 Å². The number of nitrogens with one attached hydrogen (secondary N) is 2. The third-order valence-electron chi connectivity index (χ3n) is 2.40. The summed E-state index contributed by atoms with van der Waals surface area (Å²) in [4.78, 5) is 11.0. The minimum atomic E-state index is -0.410. The first-order valence-electron chi connectivity index (χ1n) is 4.89. The molecule has 2 rings (SSSR count). The average molecular weight is 286 g/mol. The van der Waals surface area contributed by atoms with Crippen molar-refractivity contribution in [3.63, 3.8) is 0 Å². The van der Waals surface area contributed by atoms with Crippen molar-refractivity contribution in [3.8, 4) is 5.75 Å². The van der Waals surface area contributed by atoms with E-state index in [2.05, 4.69) is 21.2 Å². The number of carbonyl (C=O) groups excluding carboxylic acids is 1. The van der Waals surface area contributed by atoms with E-state index in [1.807, 2.05) is 17.6 Å². The summed E-state index contributed by atoms with van der Waals surface area (Å²) < 4.78 is 6.51. The van der Waals surface area contributed by atoms with Gasteiger partial charge in [0.05, 0.1) is 6.61 Å². The molecule has 0 radical (unpaired) electrons. The molecule has 1 heterocycles. The first-order chi connectivity index (χ1) is 7.70. The number of urea groups is 1. The van der Waals surface area contributed by atoms with E-state index in [0.29, 0.717) is 13.2 Å². The molecule has 1 aliphatic heterocycles. The predicted molar refractivity (Wildman–Crippen MR) is 62.9 cm³/mol. The highest BCUT2D eigenvalue weighted by molar-refractivity contribution is 9.10. The van der Waals surface area contributed by atoms with E-state index in [-0.39, 0.29) is 0 Å². The standard InChI is InChI=1S/C10H12BrN3O2/c11-8-3-6-1-2-16-9(6)7(4-8)5-13-10(15)14-12/h3-4H,1-2,5,12H2,(H2,13,14,15). The fourth-order valence-electron chi connectivity index (χ4n) is 1.70. The lowest BCUT2D eigenvalue weighted by molar-refractivity contribution is 0.240. The molecule has 0 aliphatic carbocycles. The van der Waals surface area contributed by atoms with Crippen LogP contribution < -0.4 is 21.3 Å². The molecule has 4 N–H and O–H groups in total. The number of benzene rings is 1. The molecule has 1 aromatic rings. The number of ether oxygens (including phenoxy) is 1. The Labute approximate surface area is 101 Å². The Hall–Kier alpha value is -1.27. The molecule has 0 saturated carbocycles. The first-order valence-corrected chi connectivity index (χ1v) is 5.68. The number of fused-ring (bicyclic) bond motifs is 1. The fourth-order valence-corrected chi connectivity index (χ4v) is 2.26. The van der Waals surface area contributed by atoms with Gasteiger partial charge in [-0.25, -0.2) is 10.6 Å². The summed E-state index contributed by atoms with van der Waals surface area (Å²) in [7, 11) is 0. The van der Waals surface area contributed by atoms with Gasteiger partial charge in [0.25, 0.3) is 0 Å². The molecule has 86 valence electrons. The molecule has 0 aromatic heterocycles. The van der Waals surface area contributed by atoms with Crippen molar-refractivity contribution in [2.45, 2.75) is 13.0 Å². The number of hydrogen-bond donors (Lipinski definition) is 3. The summed E-state index contributed by atoms with van der Waals surface area (Å²) in [6.45, 7) is 1.09. The van der Waals surface area contributed by atoms with Crippen LogP contribution in [0, 0.1) is 0 Å². The fraction of sp³-hybridized carbons (Fsp3) is 0.300. The zero-order valence-corrected chi connectivity index (χ0v) is 10.1. The van der Waals surface area contributed by atoms with Crippen molar-refractivity contribution in [1.82, 2.24) is 10.7 Å². The van der Waals surface area contributed by atoms with Gasteiger partial charge in [0.1, 0.15) is 5.75 Å². The van der Waals surface area contributed by atoms with E-state index >= 15 is 0 Å². The van der Waals surface area contributed by atoms with Crippen LogP contribution in [0.25, 0.3) is 0 Å². The van der Waals surface area contributed by atoms with Crippen molar-refractivity contribution >= 4 is 22.0 Å². The smallest absolute Gasteiger partial charge is 0.329 e. The Morgan fingerprint density at radius 3 is 3.12 bits per heavy atom. The molecule has 0 unspecified atom stereocenters. The number of hydrazine groups is 1. The van der Waals surface area contributed by atoms with Crippen LogP contribution in [-0.2, 0) is 13.0 Å². The maximum atomic E-state index is 11.0. The van der Waals surface area contributed by atoms with E-state index in [1.165, 1.54) is 5.56 Å². The number of rotatable bonds is 2. The van der Waals surface area contributed by atoms with Gasteiger partial charge in [0.15, 0.2) is 0 Å². The van der Waals surface area contributed by atoms with Crippen LogP contribution in [0.15, 0.2) is 16.6 Å². The van der Waals surface area contributed by atoms with Gasteiger partial charge in [-0.05, 0) is 17.7 Å². The van der Waals surface area contributed by atoms with Gasteiger partial charge in [-0.2, -0.15) is 0 Å². The highest BCUT2D eigenvalue weighted by Gasteiger charge is 2.17. The van der Waals surface area contributed by atoms with E-state index in [0.717, 1.165) is 22.2 Å². The molecule has 5 nitrogen and oxygen atoms in total. The van der Waals surface area contributed by atoms with Crippen LogP contribution >= 0.6 is 15.9 Å². The van der Waals surface area contributed by atoms with E-state index in [4.69, 9.17) is 10.6 Å². The molecule has 0 fully saturated rings. The molecule has 1 aliphatic rings. The van der Waals surface area contributed by atoms with Crippen LogP contribution in [0.4, 0.5) is 4.79 Å². The topological polar surface area (TPSA) is 76.4 Å². The minimum Gasteiger partial charge on any atom is -0.493 e. The second-order valence-corrected chi connectivity index (χ2v) is 4.39. The second kappa shape index (κ2) is 4.71. The van der Waals surface area contributed by atoms with Gasteiger partial charge < -0.3 is 10.1 Å². The largest absolute Gasteiger partial charge is 0.493 e. The summed E-state index contributed by atoms with van der Waals surface area (Å²) in [6.07, 6.45) is 0.908. The summed E-state index contributed by atoms with van der Waals surface area (Å²) in [5, 5.41) is 2.63. The lowest BCUT2D eigenvalue weighted by Crippen LogP contribution is -2.39. The molecular weight excluding hydrogens is 274 g/mol. The number of amides is 2. The molecule has 0 atom stereocenters. The van der Waals surface area contributed by atoms with Gasteiger partial charge in [-0.15, -0.1) is 0 Å². The Bertz CT molecular complexity index is 423. The van der Waals surface area contributed by atoms with Crippen molar-refractivity contribution < 1.29 is 9.53 Å². The van der Waals surface area contributed by atoms with Crippen molar-refractivity contribution in [2.24, 2.45) is 5.84 Å². The molecule has 1 aromatic carbocycles. The Balaban J connectivity index is 2.17. The van der Waals surface area contributed by atoms with Crippen LogP contribution in [0.1, 0.15) is 11.1 Å². The molecule has 2 amide bonds. The maximum absolute atomic E-state index is 11.0. The number of halogens is 1. The van der Waals surface area contributed by atoms with E-state index in [9.17, 15) is 4.79 Å². The zero-order chi connectivity index (χ0) is 11.5. The lowest BCUT2D eigenvalue weighted by atomic mass is 10.1. The second-order valence-electron chi connectivity index (χ2n) is 3.48. The Morgan fingerprint density at radius 2 is 2.38 bits per heavy atom. The van der Waals surface area contributed by atoms with E-state index in [1.54, 1.807) is 0 Å². The van der Waals surface area contributed by atoms with Crippen LogP contribution in [-0.4, -0.2) is 12.6 Å². The number of nitrogens with two attached hydrogens (primary N) is 1. The molecule has 0 bridgehead atoms. The third-order valence-corrected chi connectivity index (χ3v) is 2.85. The maximum Gasteiger partial charge on any atom is 0.329 e. The molecule has 16 heavy (non-hydrogen) atoms. The number of carbonyl (C=O) groups is 1. The first kappa shape index (κ1) is 11.2. The summed E-state index contributed by atoms with van der Waals surface area (Å²) in [5.41, 5.74) is 4.13. The Morgan fingerprint density at radius 1 is 1.56 bits per heavy atom. The van der Waals surface area contributed by atoms with Gasteiger partial charge in [0, 0.05) is 23.0 Å². The van der Waals surface area contributed by atoms with Crippen LogP contribution in [0.3, 0.4) is 0 Å². The van der Waals surface area contributed by atoms with Crippen molar-refractivity contribution in [2.75, 3.05) is 6.61 Å². The molecule has 0 spiro atoms. The van der Waals surface area contributed by atoms with E-state index < -0.39 is 6.03 Å². The zero-order valence-electron chi connectivity index (χ0n) is 8.55. The van der Waals surface area contributed by atoms with Gasteiger partial charge in [0.2, 0.25) is 0 Å². The SMILES string of the molecule is NNC(=O)NCc1cc(Br)cc2c1OCC2. The molecule has 6 heteroatoms. The molecule has 0 saturated heterocycles. The highest BCUT2D eigenvalue weighted by Crippen LogP contribution is 2.32. The Kier molecular flexibility index (Phi) is 3.31. The lowest BCUT2D eigenvalue weighted by Gasteiger charge is -2.09. The summed E-state index contributed by atoms with van der Waals surface area (Å²) >= 11 is 3.43. The molecular formula is C10H12BrN3O2. The van der Waals surface area contributed by atoms with Crippen molar-refractivity contribution in [3.05, 3.63) is 27.7 Å². The van der Waals surface area contributed by atoms with Gasteiger partial charge in [-0.1, -0.05) is 15.9 Å². The van der Waals surface area contributed by atoms with Gasteiger partial charge in [-0.3, -0.25) is 5.43 Å². The van der Waals surface area contributed by atoms with Crippen LogP contribution in [0.2, 0.25) is 0 Å². The van der Waals surface area contributed by atoms with Crippen molar-refractivity contribution in [1.29, 1.82) is 0 Å². The highest BCUT2D eigenvalue weighted by atomic mass is 79.9. The minimum absolute atomic E-state index is 0.394. The summed E-state index contributed by atoms with van der Waals surface area (Å²) in [6, 6.07) is 3.56. The third kappa shape index (κ3) is 2.28. The predicted octanol–water partition coefficient (Wildman–Crippen LogP) is 1.06. The summed E-state index contributed by atoms with van der Waals surface area (Å²) in [5.74, 6) is 5.85. The monoisotopic (exact) mass is 285 g/mol. The number of hydrogen-bond acceptors (Lipinski definition) is 3. The normalized spacial score (nSPS) is 12.9. The average Bonchev–Trinajstić information content (AvgIpc) is 2.73. The quantitative estimate of drug-likeness (QED) is 0.432.